The minimum Gasteiger partial charge on any atom is -0.490 e. The van der Waals surface area contributed by atoms with Crippen LogP contribution >= 0.6 is 11.6 Å². The normalized spacial score (nSPS) is 11.3. The molecule has 5 nitrogen and oxygen atoms in total. The summed E-state index contributed by atoms with van der Waals surface area (Å²) in [5.74, 6) is -0.141. The Hall–Kier alpha value is -0.980. The predicted molar refractivity (Wildman–Crippen MR) is 57.8 cm³/mol. The van der Waals surface area contributed by atoms with Crippen LogP contribution in [0, 0.1) is 0 Å². The first-order valence-electron chi connectivity index (χ1n) is 4.01. The van der Waals surface area contributed by atoms with Gasteiger partial charge in [-0.25, -0.2) is 0 Å². The van der Waals surface area contributed by atoms with E-state index in [-0.39, 0.29) is 6.61 Å². The van der Waals surface area contributed by atoms with Gasteiger partial charge in [0.2, 0.25) is 0 Å². The van der Waals surface area contributed by atoms with E-state index in [0.29, 0.717) is 16.5 Å². The van der Waals surface area contributed by atoms with E-state index in [1.54, 1.807) is 6.07 Å². The molecule has 0 aliphatic heterocycles. The smallest absolute Gasteiger partial charge is 0.268 e. The monoisotopic (exact) mass is 251 g/mol. The van der Waals surface area contributed by atoms with Crippen LogP contribution in [0.3, 0.4) is 0 Å². The fourth-order valence-electron chi connectivity index (χ4n) is 0.908. The molecule has 3 N–H and O–H groups in total. The van der Waals surface area contributed by atoms with Crippen molar-refractivity contribution in [3.8, 4) is 5.75 Å². The quantitative estimate of drug-likeness (QED) is 0.620. The van der Waals surface area contributed by atoms with Gasteiger partial charge in [0.1, 0.15) is 18.1 Å². The van der Waals surface area contributed by atoms with E-state index in [0.717, 1.165) is 0 Å². The number of nitrogens with two attached hydrogens (primary N) is 1. The lowest BCUT2D eigenvalue weighted by Gasteiger charge is -2.07. The van der Waals surface area contributed by atoms with Crippen LogP contribution in [0.15, 0.2) is 18.2 Å². The number of anilines is 1. The summed E-state index contributed by atoms with van der Waals surface area (Å²) in [5.41, 5.74) is 5.87. The van der Waals surface area contributed by atoms with Crippen molar-refractivity contribution in [2.24, 2.45) is 0 Å². The summed E-state index contributed by atoms with van der Waals surface area (Å²) in [6, 6.07) is 4.59. The Morgan fingerprint density at radius 1 is 1.47 bits per heavy atom. The highest BCUT2D eigenvalue weighted by Crippen LogP contribution is 2.24. The Labute approximate surface area is 92.5 Å². The van der Waals surface area contributed by atoms with Gasteiger partial charge < -0.3 is 10.5 Å². The zero-order chi connectivity index (χ0) is 11.5. The number of hydrogen-bond acceptors (Lipinski definition) is 4. The Kier molecular flexibility index (Phi) is 3.78. The Morgan fingerprint density at radius 3 is 2.67 bits per heavy atom. The molecular formula is C8H10ClNO4S. The molecule has 0 saturated heterocycles. The van der Waals surface area contributed by atoms with E-state index in [4.69, 9.17) is 26.6 Å². The van der Waals surface area contributed by atoms with Gasteiger partial charge >= 0.3 is 0 Å². The van der Waals surface area contributed by atoms with E-state index in [9.17, 15) is 8.42 Å². The highest BCUT2D eigenvalue weighted by atomic mass is 35.5. The van der Waals surface area contributed by atoms with Crippen molar-refractivity contribution >= 4 is 27.4 Å². The second-order valence-electron chi connectivity index (χ2n) is 2.82. The molecule has 0 aliphatic carbocycles. The maximum Gasteiger partial charge on any atom is 0.268 e. The van der Waals surface area contributed by atoms with Crippen molar-refractivity contribution in [3.63, 3.8) is 0 Å². The van der Waals surface area contributed by atoms with Crippen molar-refractivity contribution in [3.05, 3.63) is 23.2 Å². The summed E-state index contributed by atoms with van der Waals surface area (Å²) in [5, 5.41) is 0.467. The third kappa shape index (κ3) is 4.37. The van der Waals surface area contributed by atoms with Gasteiger partial charge in [0.05, 0.1) is 5.69 Å². The first-order valence-corrected chi connectivity index (χ1v) is 6.00. The van der Waals surface area contributed by atoms with Crippen molar-refractivity contribution in [1.29, 1.82) is 0 Å². The van der Waals surface area contributed by atoms with Crippen molar-refractivity contribution < 1.29 is 17.7 Å². The van der Waals surface area contributed by atoms with Gasteiger partial charge in [-0.2, -0.15) is 8.42 Å². The van der Waals surface area contributed by atoms with Crippen molar-refractivity contribution in [2.45, 2.75) is 0 Å². The fraction of sp³-hybridized carbons (Fsp3) is 0.250. The van der Waals surface area contributed by atoms with E-state index in [1.165, 1.54) is 12.1 Å². The summed E-state index contributed by atoms with van der Waals surface area (Å²) in [6.45, 7) is -0.162. The minimum absolute atomic E-state index is 0.162. The van der Waals surface area contributed by atoms with Crippen molar-refractivity contribution in [1.82, 2.24) is 0 Å². The number of ether oxygens (including phenoxy) is 1. The molecule has 0 bridgehead atoms. The second-order valence-corrected chi connectivity index (χ2v) is 4.83. The highest BCUT2D eigenvalue weighted by Gasteiger charge is 2.06. The van der Waals surface area contributed by atoms with Crippen molar-refractivity contribution in [2.75, 3.05) is 18.1 Å². The molecule has 0 fully saturated rings. The van der Waals surface area contributed by atoms with Crippen LogP contribution < -0.4 is 10.5 Å². The van der Waals surface area contributed by atoms with Crippen LogP contribution in [-0.2, 0) is 10.1 Å². The molecule has 1 aromatic carbocycles. The Bertz CT molecular complexity index is 446. The van der Waals surface area contributed by atoms with Crippen LogP contribution in [0.1, 0.15) is 0 Å². The molecule has 7 heteroatoms. The molecule has 0 atom stereocenters. The summed E-state index contributed by atoms with van der Waals surface area (Å²) in [6.07, 6.45) is 0. The zero-order valence-corrected chi connectivity index (χ0v) is 9.25. The third-order valence-electron chi connectivity index (χ3n) is 1.57. The molecule has 15 heavy (non-hydrogen) atoms. The summed E-state index contributed by atoms with van der Waals surface area (Å²) in [7, 11) is -4.01. The molecule has 0 spiro atoms. The molecule has 0 amide bonds. The second kappa shape index (κ2) is 4.69. The van der Waals surface area contributed by atoms with Crippen LogP contribution in [0.2, 0.25) is 5.02 Å². The number of nitrogen functional groups attached to an aromatic ring is 1. The summed E-state index contributed by atoms with van der Waals surface area (Å²) in [4.78, 5) is 0. The van der Waals surface area contributed by atoms with E-state index < -0.39 is 15.9 Å². The molecule has 0 unspecified atom stereocenters. The average molecular weight is 252 g/mol. The Balaban J connectivity index is 2.59. The van der Waals surface area contributed by atoms with Crippen LogP contribution in [0.4, 0.5) is 5.69 Å². The maximum absolute atomic E-state index is 10.4. The third-order valence-corrected chi connectivity index (χ3v) is 2.49. The zero-order valence-electron chi connectivity index (χ0n) is 7.68. The Morgan fingerprint density at radius 2 is 2.13 bits per heavy atom. The summed E-state index contributed by atoms with van der Waals surface area (Å²) >= 11 is 5.65. The van der Waals surface area contributed by atoms with Gasteiger partial charge in [-0.3, -0.25) is 4.55 Å². The largest absolute Gasteiger partial charge is 0.490 e. The lowest BCUT2D eigenvalue weighted by Crippen LogP contribution is -2.13. The number of hydrogen-bond donors (Lipinski definition) is 2. The van der Waals surface area contributed by atoms with Gasteiger partial charge in [0, 0.05) is 5.02 Å². The molecule has 0 radical (unpaired) electrons. The molecule has 0 heterocycles. The topological polar surface area (TPSA) is 89.6 Å². The molecular weight excluding hydrogens is 242 g/mol. The molecule has 1 aromatic rings. The first-order chi connectivity index (χ1) is 6.88. The molecule has 1 rings (SSSR count). The van der Waals surface area contributed by atoms with E-state index in [1.807, 2.05) is 0 Å². The average Bonchev–Trinajstić information content (AvgIpc) is 2.07. The number of benzene rings is 1. The first kappa shape index (κ1) is 12.1. The van der Waals surface area contributed by atoms with Gasteiger partial charge in [0.15, 0.2) is 0 Å². The van der Waals surface area contributed by atoms with Gasteiger partial charge in [-0.05, 0) is 18.2 Å². The van der Waals surface area contributed by atoms with Gasteiger partial charge in [-0.15, -0.1) is 0 Å². The molecule has 0 aliphatic rings. The standard InChI is InChI=1S/C8H10ClNO4S/c9-6-1-2-8(7(10)5-6)14-3-4-15(11,12)13/h1-2,5H,3-4,10H2,(H,11,12,13). The number of halogens is 1. The van der Waals surface area contributed by atoms with Crippen LogP contribution in [-0.4, -0.2) is 25.3 Å². The highest BCUT2D eigenvalue weighted by molar-refractivity contribution is 7.85. The minimum atomic E-state index is -4.01. The molecule has 0 aromatic heterocycles. The fourth-order valence-corrected chi connectivity index (χ4v) is 1.38. The lowest BCUT2D eigenvalue weighted by molar-refractivity contribution is 0.337. The molecule has 0 saturated carbocycles. The van der Waals surface area contributed by atoms with Crippen LogP contribution in [0.25, 0.3) is 0 Å². The number of rotatable bonds is 4. The predicted octanol–water partition coefficient (Wildman–Crippen LogP) is 1.19. The maximum atomic E-state index is 10.4. The van der Waals surface area contributed by atoms with E-state index in [2.05, 4.69) is 0 Å². The van der Waals surface area contributed by atoms with Gasteiger partial charge in [-0.1, -0.05) is 11.6 Å². The van der Waals surface area contributed by atoms with Gasteiger partial charge in [0.25, 0.3) is 10.1 Å². The lowest BCUT2D eigenvalue weighted by atomic mass is 10.3. The molecule has 84 valence electrons. The summed E-state index contributed by atoms with van der Waals surface area (Å²) < 4.78 is 34.3. The SMILES string of the molecule is Nc1cc(Cl)ccc1OCCS(=O)(=O)O. The van der Waals surface area contributed by atoms with E-state index >= 15 is 0 Å². The van der Waals surface area contributed by atoms with Crippen LogP contribution in [0.5, 0.6) is 5.75 Å².